The molecule has 1 amide bonds. The minimum absolute atomic E-state index is 0.0126. The molecule has 3 rings (SSSR count). The van der Waals surface area contributed by atoms with Gasteiger partial charge < -0.3 is 4.90 Å². The van der Waals surface area contributed by atoms with Gasteiger partial charge in [0.05, 0.1) is 28.5 Å². The number of amides is 1. The molecular formula is C15H19FN2O5S2. The lowest BCUT2D eigenvalue weighted by atomic mass is 10.1. The number of sulfone groups is 1. The third-order valence-corrected chi connectivity index (χ3v) is 8.27. The Morgan fingerprint density at radius 3 is 2.56 bits per heavy atom. The second-order valence-electron chi connectivity index (χ2n) is 6.23. The first kappa shape index (κ1) is 18.3. The smallest absolute Gasteiger partial charge is 0.243 e. The van der Waals surface area contributed by atoms with Crippen molar-refractivity contribution in [3.8, 4) is 0 Å². The van der Waals surface area contributed by atoms with E-state index < -0.39 is 37.8 Å². The number of benzene rings is 1. The van der Waals surface area contributed by atoms with Gasteiger partial charge in [-0.2, -0.15) is 4.31 Å². The summed E-state index contributed by atoms with van der Waals surface area (Å²) in [5, 5.41) is 0. The van der Waals surface area contributed by atoms with Crippen molar-refractivity contribution in [1.82, 2.24) is 9.21 Å². The lowest BCUT2D eigenvalue weighted by molar-refractivity contribution is -0.135. The van der Waals surface area contributed by atoms with E-state index in [1.165, 1.54) is 17.0 Å². The van der Waals surface area contributed by atoms with Crippen LogP contribution in [0.25, 0.3) is 0 Å². The quantitative estimate of drug-likeness (QED) is 0.737. The van der Waals surface area contributed by atoms with Crippen molar-refractivity contribution in [2.24, 2.45) is 0 Å². The average molecular weight is 390 g/mol. The highest BCUT2D eigenvalue weighted by atomic mass is 32.2. The zero-order chi connectivity index (χ0) is 18.4. The van der Waals surface area contributed by atoms with Crippen LogP contribution in [-0.2, 0) is 24.7 Å². The van der Waals surface area contributed by atoms with Gasteiger partial charge in [0.2, 0.25) is 15.9 Å². The Hall–Kier alpha value is -1.52. The topological polar surface area (TPSA) is 91.8 Å². The number of hydrogen-bond donors (Lipinski definition) is 0. The van der Waals surface area contributed by atoms with Crippen molar-refractivity contribution in [3.63, 3.8) is 0 Å². The number of carbonyl (C=O) groups is 1. The summed E-state index contributed by atoms with van der Waals surface area (Å²) in [5.74, 6) is -1.47. The van der Waals surface area contributed by atoms with Gasteiger partial charge in [-0.1, -0.05) is 13.0 Å². The maximum absolute atomic E-state index is 13.4. The van der Waals surface area contributed by atoms with Gasteiger partial charge in [-0.25, -0.2) is 21.2 Å². The summed E-state index contributed by atoms with van der Waals surface area (Å²) in [6, 6.07) is 3.08. The summed E-state index contributed by atoms with van der Waals surface area (Å²) < 4.78 is 64.5. The van der Waals surface area contributed by atoms with E-state index in [4.69, 9.17) is 0 Å². The molecule has 1 aromatic rings. The van der Waals surface area contributed by atoms with Gasteiger partial charge >= 0.3 is 0 Å². The average Bonchev–Trinajstić information content (AvgIpc) is 2.87. The molecule has 2 atom stereocenters. The van der Waals surface area contributed by atoms with Crippen LogP contribution in [0.4, 0.5) is 4.39 Å². The first-order chi connectivity index (χ1) is 11.7. The molecule has 1 aromatic carbocycles. The van der Waals surface area contributed by atoms with Crippen molar-refractivity contribution < 1.29 is 26.0 Å². The number of hydrogen-bond acceptors (Lipinski definition) is 5. The van der Waals surface area contributed by atoms with E-state index in [0.717, 1.165) is 16.4 Å². The lowest BCUT2D eigenvalue weighted by Crippen LogP contribution is -2.61. The predicted octanol–water partition coefficient (Wildman–Crippen LogP) is 0.234. The van der Waals surface area contributed by atoms with Crippen molar-refractivity contribution in [2.75, 3.05) is 24.6 Å². The number of fused-ring (bicyclic) bond motifs is 1. The first-order valence-electron chi connectivity index (χ1n) is 7.93. The van der Waals surface area contributed by atoms with E-state index in [1.807, 2.05) is 0 Å². The zero-order valence-electron chi connectivity index (χ0n) is 13.6. The molecule has 2 fully saturated rings. The van der Waals surface area contributed by atoms with Crippen molar-refractivity contribution in [3.05, 3.63) is 30.1 Å². The normalized spacial score (nSPS) is 26.4. The molecule has 2 saturated heterocycles. The summed E-state index contributed by atoms with van der Waals surface area (Å²) in [4.78, 5) is 13.4. The van der Waals surface area contributed by atoms with Crippen molar-refractivity contribution in [1.29, 1.82) is 0 Å². The number of carbonyl (C=O) groups excluding carboxylic acids is 1. The van der Waals surface area contributed by atoms with Gasteiger partial charge in [0, 0.05) is 19.5 Å². The minimum Gasteiger partial charge on any atom is -0.336 e. The van der Waals surface area contributed by atoms with Gasteiger partial charge in [-0.05, 0) is 18.2 Å². The minimum atomic E-state index is -4.05. The molecule has 0 saturated carbocycles. The second kappa shape index (κ2) is 6.33. The highest BCUT2D eigenvalue weighted by Crippen LogP contribution is 2.31. The zero-order valence-corrected chi connectivity index (χ0v) is 15.3. The van der Waals surface area contributed by atoms with Gasteiger partial charge in [0.15, 0.2) is 9.84 Å². The van der Waals surface area contributed by atoms with Gasteiger partial charge in [-0.3, -0.25) is 4.79 Å². The maximum Gasteiger partial charge on any atom is 0.243 e. The molecule has 25 heavy (non-hydrogen) atoms. The molecule has 0 radical (unpaired) electrons. The monoisotopic (exact) mass is 390 g/mol. The molecule has 0 aromatic heterocycles. The lowest BCUT2D eigenvalue weighted by Gasteiger charge is -2.42. The maximum atomic E-state index is 13.4. The number of halogens is 1. The van der Waals surface area contributed by atoms with Crippen LogP contribution in [0, 0.1) is 5.82 Å². The summed E-state index contributed by atoms with van der Waals surface area (Å²) in [6.07, 6.45) is 0.222. The third-order valence-electron chi connectivity index (χ3n) is 4.65. The standard InChI is InChI=1S/C15H19FN2O5S2/c1-2-15(19)17-6-7-18(14-10-24(20,21)9-13(14)17)25(22,23)12-5-3-4-11(16)8-12/h3-5,8,13-14H,2,6-7,9-10H2,1H3/t13-,14+/m0/s1. The van der Waals surface area contributed by atoms with Crippen LogP contribution in [0.15, 0.2) is 29.2 Å². The fourth-order valence-electron chi connectivity index (χ4n) is 3.50. The van der Waals surface area contributed by atoms with Gasteiger partial charge in [-0.15, -0.1) is 0 Å². The molecular weight excluding hydrogens is 371 g/mol. The number of sulfonamides is 1. The summed E-state index contributed by atoms with van der Waals surface area (Å²) in [6.45, 7) is 1.79. The molecule has 2 aliphatic heterocycles. The first-order valence-corrected chi connectivity index (χ1v) is 11.2. The van der Waals surface area contributed by atoms with Crippen LogP contribution in [0.3, 0.4) is 0 Å². The van der Waals surface area contributed by atoms with Crippen LogP contribution in [-0.4, -0.2) is 68.6 Å². The summed E-state index contributed by atoms with van der Waals surface area (Å²) >= 11 is 0. The fourth-order valence-corrected chi connectivity index (χ4v) is 7.25. The van der Waals surface area contributed by atoms with E-state index in [-0.39, 0.29) is 41.8 Å². The SMILES string of the molecule is CCC(=O)N1CCN(S(=O)(=O)c2cccc(F)c2)[C@@H]2CS(=O)(=O)C[C@@H]21. The molecule has 7 nitrogen and oxygen atoms in total. The summed E-state index contributed by atoms with van der Waals surface area (Å²) in [7, 11) is -7.51. The van der Waals surface area contributed by atoms with E-state index in [0.29, 0.717) is 0 Å². The van der Waals surface area contributed by atoms with Crippen LogP contribution in [0.5, 0.6) is 0 Å². The number of rotatable bonds is 3. The van der Waals surface area contributed by atoms with Crippen LogP contribution < -0.4 is 0 Å². The molecule has 138 valence electrons. The molecule has 0 bridgehead atoms. The summed E-state index contributed by atoms with van der Waals surface area (Å²) in [5.41, 5.74) is 0. The molecule has 0 unspecified atom stereocenters. The Kier molecular flexibility index (Phi) is 4.63. The van der Waals surface area contributed by atoms with Gasteiger partial charge in [0.1, 0.15) is 5.82 Å². The largest absolute Gasteiger partial charge is 0.336 e. The predicted molar refractivity (Wildman–Crippen MR) is 88.5 cm³/mol. The third kappa shape index (κ3) is 3.30. The number of piperazine rings is 1. The Morgan fingerprint density at radius 1 is 1.24 bits per heavy atom. The number of nitrogens with zero attached hydrogens (tertiary/aromatic N) is 2. The van der Waals surface area contributed by atoms with E-state index in [2.05, 4.69) is 0 Å². The van der Waals surface area contributed by atoms with E-state index in [1.54, 1.807) is 6.92 Å². The van der Waals surface area contributed by atoms with Crippen LogP contribution in [0.2, 0.25) is 0 Å². The molecule has 0 spiro atoms. The Bertz CT molecular complexity index is 900. The highest BCUT2D eigenvalue weighted by Gasteiger charge is 2.51. The molecule has 0 aliphatic carbocycles. The van der Waals surface area contributed by atoms with Crippen LogP contribution >= 0.6 is 0 Å². The fraction of sp³-hybridized carbons (Fsp3) is 0.533. The Labute approximate surface area is 146 Å². The molecule has 10 heteroatoms. The highest BCUT2D eigenvalue weighted by molar-refractivity contribution is 7.92. The Balaban J connectivity index is 2.00. The van der Waals surface area contributed by atoms with Crippen LogP contribution in [0.1, 0.15) is 13.3 Å². The van der Waals surface area contributed by atoms with E-state index in [9.17, 15) is 26.0 Å². The Morgan fingerprint density at radius 2 is 1.92 bits per heavy atom. The van der Waals surface area contributed by atoms with Crippen molar-refractivity contribution in [2.45, 2.75) is 30.3 Å². The molecule has 0 N–H and O–H groups in total. The second-order valence-corrected chi connectivity index (χ2v) is 10.3. The van der Waals surface area contributed by atoms with E-state index >= 15 is 0 Å². The van der Waals surface area contributed by atoms with Gasteiger partial charge in [0.25, 0.3) is 0 Å². The molecule has 2 heterocycles. The molecule has 2 aliphatic rings. The van der Waals surface area contributed by atoms with Crippen molar-refractivity contribution >= 4 is 25.8 Å².